The van der Waals surface area contributed by atoms with Gasteiger partial charge in [-0.25, -0.2) is 9.97 Å². The van der Waals surface area contributed by atoms with Gasteiger partial charge >= 0.3 is 5.97 Å². The van der Waals surface area contributed by atoms with Crippen molar-refractivity contribution in [2.75, 3.05) is 51.3 Å². The minimum Gasteiger partial charge on any atom is -0.466 e. The Morgan fingerprint density at radius 3 is 2.53 bits per heavy atom. The minimum absolute atomic E-state index is 0.0206. The van der Waals surface area contributed by atoms with Crippen molar-refractivity contribution in [2.24, 2.45) is 11.8 Å². The van der Waals surface area contributed by atoms with E-state index in [-0.39, 0.29) is 36.2 Å². The summed E-state index contributed by atoms with van der Waals surface area (Å²) < 4.78 is 5.10. The number of aromatic nitrogens is 2. The van der Waals surface area contributed by atoms with Crippen molar-refractivity contribution >= 4 is 23.7 Å². The van der Waals surface area contributed by atoms with Gasteiger partial charge in [0.15, 0.2) is 0 Å². The van der Waals surface area contributed by atoms with Gasteiger partial charge in [0.1, 0.15) is 0 Å². The van der Waals surface area contributed by atoms with Crippen molar-refractivity contribution in [2.45, 2.75) is 32.6 Å². The standard InChI is InChI=1S/C21H31N5O4/c1-3-30-20(29)17-8-5-11-25(14-17)18(27)15-24(2)19(28)16-7-4-12-26(13-16)21-22-9-6-10-23-21/h6,9-10,16-17H,3-5,7-8,11-15H2,1-2H3. The van der Waals surface area contributed by atoms with Gasteiger partial charge in [-0.1, -0.05) is 0 Å². The summed E-state index contributed by atoms with van der Waals surface area (Å²) in [6.45, 7) is 4.48. The summed E-state index contributed by atoms with van der Waals surface area (Å²) in [6.07, 6.45) is 6.55. The van der Waals surface area contributed by atoms with Crippen LogP contribution in [0.15, 0.2) is 18.5 Å². The van der Waals surface area contributed by atoms with Gasteiger partial charge in [0.2, 0.25) is 17.8 Å². The number of carbonyl (C=O) groups excluding carboxylic acids is 3. The van der Waals surface area contributed by atoms with Crippen LogP contribution in [0.4, 0.5) is 5.95 Å². The zero-order valence-electron chi connectivity index (χ0n) is 17.8. The first-order valence-corrected chi connectivity index (χ1v) is 10.7. The van der Waals surface area contributed by atoms with Crippen LogP contribution in [0.25, 0.3) is 0 Å². The van der Waals surface area contributed by atoms with Crippen molar-refractivity contribution in [1.82, 2.24) is 19.8 Å². The van der Waals surface area contributed by atoms with E-state index in [0.29, 0.717) is 32.2 Å². The topological polar surface area (TPSA) is 95.9 Å². The molecule has 0 aromatic carbocycles. The molecule has 1 aromatic rings. The maximum atomic E-state index is 13.0. The highest BCUT2D eigenvalue weighted by atomic mass is 16.5. The summed E-state index contributed by atoms with van der Waals surface area (Å²) in [5.41, 5.74) is 0. The fraction of sp³-hybridized carbons (Fsp3) is 0.667. The Labute approximate surface area is 177 Å². The molecule has 2 fully saturated rings. The lowest BCUT2D eigenvalue weighted by Crippen LogP contribution is -2.49. The fourth-order valence-corrected chi connectivity index (χ4v) is 4.16. The Balaban J connectivity index is 1.53. The zero-order chi connectivity index (χ0) is 21.5. The second-order valence-corrected chi connectivity index (χ2v) is 7.96. The van der Waals surface area contributed by atoms with Crippen molar-refractivity contribution in [1.29, 1.82) is 0 Å². The average Bonchev–Trinajstić information content (AvgIpc) is 2.79. The highest BCUT2D eigenvalue weighted by Crippen LogP contribution is 2.22. The van der Waals surface area contributed by atoms with Gasteiger partial charge < -0.3 is 19.4 Å². The van der Waals surface area contributed by atoms with Crippen LogP contribution in [-0.2, 0) is 19.1 Å². The molecule has 0 saturated carbocycles. The molecule has 2 atom stereocenters. The predicted molar refractivity (Wildman–Crippen MR) is 111 cm³/mol. The molecule has 2 aliphatic rings. The molecule has 2 aliphatic heterocycles. The van der Waals surface area contributed by atoms with E-state index in [1.807, 2.05) is 4.90 Å². The van der Waals surface area contributed by atoms with E-state index < -0.39 is 0 Å². The number of likely N-dealkylation sites (N-methyl/N-ethyl adjacent to an activating group) is 1. The first-order chi connectivity index (χ1) is 14.5. The van der Waals surface area contributed by atoms with Gasteiger partial charge in [0, 0.05) is 45.6 Å². The number of hydrogen-bond donors (Lipinski definition) is 0. The molecule has 0 spiro atoms. The molecule has 9 heteroatoms. The zero-order valence-corrected chi connectivity index (χ0v) is 17.8. The summed E-state index contributed by atoms with van der Waals surface area (Å²) in [6, 6.07) is 1.77. The molecule has 0 bridgehead atoms. The molecule has 0 N–H and O–H groups in total. The van der Waals surface area contributed by atoms with Gasteiger partial charge in [-0.2, -0.15) is 0 Å². The van der Waals surface area contributed by atoms with Crippen LogP contribution in [0.2, 0.25) is 0 Å². The maximum absolute atomic E-state index is 13.0. The van der Waals surface area contributed by atoms with Crippen molar-refractivity contribution in [3.8, 4) is 0 Å². The van der Waals surface area contributed by atoms with Crippen molar-refractivity contribution < 1.29 is 19.1 Å². The number of rotatable bonds is 6. The van der Waals surface area contributed by atoms with Gasteiger partial charge in [-0.3, -0.25) is 14.4 Å². The first-order valence-electron chi connectivity index (χ1n) is 10.7. The third-order valence-electron chi connectivity index (χ3n) is 5.75. The van der Waals surface area contributed by atoms with Gasteiger partial charge in [0.05, 0.1) is 25.0 Å². The molecular weight excluding hydrogens is 386 g/mol. The molecular formula is C21H31N5O4. The van der Waals surface area contributed by atoms with E-state index in [0.717, 1.165) is 32.2 Å². The van der Waals surface area contributed by atoms with Crippen LogP contribution < -0.4 is 4.90 Å². The number of likely N-dealkylation sites (tertiary alicyclic amines) is 1. The molecule has 3 rings (SSSR count). The van der Waals surface area contributed by atoms with Crippen LogP contribution in [0.1, 0.15) is 32.6 Å². The molecule has 0 aliphatic carbocycles. The summed E-state index contributed by atoms with van der Waals surface area (Å²) in [7, 11) is 1.67. The molecule has 164 valence electrons. The Bertz CT molecular complexity index is 744. The number of nitrogens with zero attached hydrogens (tertiary/aromatic N) is 5. The molecule has 2 saturated heterocycles. The third-order valence-corrected chi connectivity index (χ3v) is 5.75. The average molecular weight is 418 g/mol. The van der Waals surface area contributed by atoms with E-state index >= 15 is 0 Å². The monoisotopic (exact) mass is 417 g/mol. The lowest BCUT2D eigenvalue weighted by Gasteiger charge is -2.35. The highest BCUT2D eigenvalue weighted by Gasteiger charge is 2.32. The van der Waals surface area contributed by atoms with Crippen molar-refractivity contribution in [3.63, 3.8) is 0 Å². The number of ether oxygens (including phenoxy) is 1. The quantitative estimate of drug-likeness (QED) is 0.636. The van der Waals surface area contributed by atoms with Crippen molar-refractivity contribution in [3.05, 3.63) is 18.5 Å². The van der Waals surface area contributed by atoms with E-state index in [1.54, 1.807) is 37.3 Å². The fourth-order valence-electron chi connectivity index (χ4n) is 4.16. The summed E-state index contributed by atoms with van der Waals surface area (Å²) in [5, 5.41) is 0. The van der Waals surface area contributed by atoms with Gasteiger partial charge in [-0.05, 0) is 38.7 Å². The molecule has 2 amide bonds. The number of hydrogen-bond acceptors (Lipinski definition) is 7. The normalized spacial score (nSPS) is 21.8. The van der Waals surface area contributed by atoms with Gasteiger partial charge in [-0.15, -0.1) is 0 Å². The number of anilines is 1. The third kappa shape index (κ3) is 5.46. The summed E-state index contributed by atoms with van der Waals surface area (Å²) in [5.74, 6) is -0.242. The lowest BCUT2D eigenvalue weighted by molar-refractivity contribution is -0.152. The maximum Gasteiger partial charge on any atom is 0.310 e. The summed E-state index contributed by atoms with van der Waals surface area (Å²) >= 11 is 0. The Morgan fingerprint density at radius 1 is 1.10 bits per heavy atom. The molecule has 2 unspecified atom stereocenters. The Kier molecular flexibility index (Phi) is 7.59. The Hall–Kier alpha value is -2.71. The minimum atomic E-state index is -0.276. The number of carbonyl (C=O) groups is 3. The van der Waals surface area contributed by atoms with E-state index in [2.05, 4.69) is 9.97 Å². The highest BCUT2D eigenvalue weighted by molar-refractivity contribution is 5.86. The van der Waals surface area contributed by atoms with E-state index in [1.165, 1.54) is 4.90 Å². The molecule has 0 radical (unpaired) electrons. The largest absolute Gasteiger partial charge is 0.466 e. The number of esters is 1. The lowest BCUT2D eigenvalue weighted by atomic mass is 9.96. The van der Waals surface area contributed by atoms with Crippen LogP contribution in [0.3, 0.4) is 0 Å². The predicted octanol–water partition coefficient (Wildman–Crippen LogP) is 0.953. The second kappa shape index (κ2) is 10.4. The molecule has 30 heavy (non-hydrogen) atoms. The van der Waals surface area contributed by atoms with Crippen LogP contribution in [0.5, 0.6) is 0 Å². The second-order valence-electron chi connectivity index (χ2n) is 7.96. The molecule has 9 nitrogen and oxygen atoms in total. The Morgan fingerprint density at radius 2 is 1.80 bits per heavy atom. The smallest absolute Gasteiger partial charge is 0.310 e. The van der Waals surface area contributed by atoms with Crippen LogP contribution in [-0.4, -0.2) is 83.9 Å². The van der Waals surface area contributed by atoms with E-state index in [4.69, 9.17) is 4.74 Å². The van der Waals surface area contributed by atoms with Crippen LogP contribution >= 0.6 is 0 Å². The molecule has 1 aromatic heterocycles. The number of amides is 2. The van der Waals surface area contributed by atoms with Crippen LogP contribution in [0, 0.1) is 11.8 Å². The summed E-state index contributed by atoms with van der Waals surface area (Å²) in [4.78, 5) is 51.5. The molecule has 3 heterocycles. The number of piperidine rings is 2. The van der Waals surface area contributed by atoms with E-state index in [9.17, 15) is 14.4 Å². The first kappa shape index (κ1) is 22.0. The SMILES string of the molecule is CCOC(=O)C1CCCN(C(=O)CN(C)C(=O)C2CCCN(c3ncccn3)C2)C1. The van der Waals surface area contributed by atoms with Gasteiger partial charge in [0.25, 0.3) is 0 Å².